The number of carbonyl (C=O) groups is 1. The molecule has 1 aromatic rings. The molecule has 0 spiro atoms. The monoisotopic (exact) mass is 322 g/mol. The Morgan fingerprint density at radius 1 is 1.43 bits per heavy atom. The Hall–Kier alpha value is -1.43. The smallest absolute Gasteiger partial charge is 0.227 e. The number of aromatic nitrogens is 2. The molecule has 130 valence electrons. The molecule has 0 bridgehead atoms. The third-order valence-corrected chi connectivity index (χ3v) is 4.65. The highest BCUT2D eigenvalue weighted by Gasteiger charge is 2.30. The maximum absolute atomic E-state index is 12.5. The lowest BCUT2D eigenvalue weighted by Gasteiger charge is -2.40. The number of aryl methyl sites for hydroxylation is 1. The van der Waals surface area contributed by atoms with Crippen LogP contribution in [0.3, 0.4) is 0 Å². The van der Waals surface area contributed by atoms with Crippen LogP contribution in [0.25, 0.3) is 0 Å². The van der Waals surface area contributed by atoms with Gasteiger partial charge < -0.3 is 14.3 Å². The predicted molar refractivity (Wildman–Crippen MR) is 89.2 cm³/mol. The van der Waals surface area contributed by atoms with E-state index in [1.807, 2.05) is 32.7 Å². The summed E-state index contributed by atoms with van der Waals surface area (Å²) in [7, 11) is 4.06. The number of rotatable bonds is 4. The van der Waals surface area contributed by atoms with Gasteiger partial charge in [-0.25, -0.2) is 0 Å². The molecule has 0 N–H and O–H groups in total. The number of nitrogens with zero attached hydrogens (tertiary/aromatic N) is 4. The van der Waals surface area contributed by atoms with Gasteiger partial charge in [0.25, 0.3) is 0 Å². The molecule has 0 saturated carbocycles. The standard InChI is InChI=1S/C17H30N4O2/c1-12-11-20(5)10-9-13(12)21(6)15(22)8-7-14-18-16(19-23-14)17(2,3)4/h12-13H,7-11H2,1-6H3/t12-,13+/m0/s1. The summed E-state index contributed by atoms with van der Waals surface area (Å²) in [5.74, 6) is 1.89. The fourth-order valence-corrected chi connectivity index (χ4v) is 3.15. The van der Waals surface area contributed by atoms with Crippen LogP contribution in [0.15, 0.2) is 4.52 Å². The molecule has 1 amide bonds. The van der Waals surface area contributed by atoms with E-state index in [0.717, 1.165) is 19.5 Å². The second-order valence-corrected chi connectivity index (χ2v) is 7.86. The topological polar surface area (TPSA) is 62.5 Å². The Bertz CT molecular complexity index is 535. The SMILES string of the molecule is C[C@H]1CN(C)CC[C@H]1N(C)C(=O)CCc1nc(C(C)(C)C)no1. The largest absolute Gasteiger partial charge is 0.342 e. The van der Waals surface area contributed by atoms with Crippen molar-refractivity contribution in [2.24, 2.45) is 5.92 Å². The van der Waals surface area contributed by atoms with Crippen molar-refractivity contribution in [2.75, 3.05) is 27.2 Å². The quantitative estimate of drug-likeness (QED) is 0.849. The third-order valence-electron chi connectivity index (χ3n) is 4.65. The molecule has 1 saturated heterocycles. The molecular formula is C17H30N4O2. The summed E-state index contributed by atoms with van der Waals surface area (Å²) >= 11 is 0. The van der Waals surface area contributed by atoms with Gasteiger partial charge in [0.05, 0.1) is 0 Å². The molecule has 0 unspecified atom stereocenters. The molecule has 2 rings (SSSR count). The van der Waals surface area contributed by atoms with Gasteiger partial charge in [-0.1, -0.05) is 32.9 Å². The van der Waals surface area contributed by atoms with Crippen LogP contribution in [-0.2, 0) is 16.6 Å². The van der Waals surface area contributed by atoms with Crippen LogP contribution in [-0.4, -0.2) is 59.1 Å². The average Bonchev–Trinajstić information content (AvgIpc) is 2.93. The lowest BCUT2D eigenvalue weighted by Crippen LogP contribution is -2.49. The van der Waals surface area contributed by atoms with E-state index in [-0.39, 0.29) is 11.3 Å². The minimum atomic E-state index is -0.133. The normalized spacial score (nSPS) is 23.0. The lowest BCUT2D eigenvalue weighted by molar-refractivity contribution is -0.134. The maximum Gasteiger partial charge on any atom is 0.227 e. The second kappa shape index (κ2) is 6.99. The van der Waals surface area contributed by atoms with E-state index in [4.69, 9.17) is 4.52 Å². The predicted octanol–water partition coefficient (Wildman–Crippen LogP) is 2.10. The first kappa shape index (κ1) is 17.9. The molecule has 1 aromatic heterocycles. The minimum absolute atomic E-state index is 0.133. The van der Waals surface area contributed by atoms with Crippen LogP contribution < -0.4 is 0 Å². The zero-order valence-corrected chi connectivity index (χ0v) is 15.3. The number of hydrogen-bond donors (Lipinski definition) is 0. The molecule has 2 atom stereocenters. The highest BCUT2D eigenvalue weighted by Crippen LogP contribution is 2.22. The van der Waals surface area contributed by atoms with Crippen molar-refractivity contribution in [1.82, 2.24) is 19.9 Å². The molecule has 0 radical (unpaired) electrons. The first-order valence-electron chi connectivity index (χ1n) is 8.45. The molecule has 6 heteroatoms. The van der Waals surface area contributed by atoms with Gasteiger partial charge in [0, 0.05) is 37.9 Å². The maximum atomic E-state index is 12.5. The van der Waals surface area contributed by atoms with E-state index >= 15 is 0 Å². The molecule has 1 aliphatic rings. The molecule has 0 aromatic carbocycles. The van der Waals surface area contributed by atoms with Crippen LogP contribution in [0.4, 0.5) is 0 Å². The molecule has 1 aliphatic heterocycles. The Balaban J connectivity index is 1.88. The van der Waals surface area contributed by atoms with E-state index in [9.17, 15) is 4.79 Å². The van der Waals surface area contributed by atoms with Gasteiger partial charge in [0.2, 0.25) is 11.8 Å². The van der Waals surface area contributed by atoms with Crippen LogP contribution in [0, 0.1) is 5.92 Å². The van der Waals surface area contributed by atoms with Crippen LogP contribution >= 0.6 is 0 Å². The molecule has 2 heterocycles. The van der Waals surface area contributed by atoms with Crippen LogP contribution in [0.5, 0.6) is 0 Å². The summed E-state index contributed by atoms with van der Waals surface area (Å²) in [4.78, 5) is 21.1. The van der Waals surface area contributed by atoms with E-state index < -0.39 is 0 Å². The molecule has 23 heavy (non-hydrogen) atoms. The van der Waals surface area contributed by atoms with Gasteiger partial charge in [0.1, 0.15) is 0 Å². The average molecular weight is 322 g/mol. The number of likely N-dealkylation sites (tertiary alicyclic amines) is 1. The van der Waals surface area contributed by atoms with Crippen molar-refractivity contribution < 1.29 is 9.32 Å². The van der Waals surface area contributed by atoms with Crippen molar-refractivity contribution in [1.29, 1.82) is 0 Å². The summed E-state index contributed by atoms with van der Waals surface area (Å²) in [6, 6.07) is 0.325. The lowest BCUT2D eigenvalue weighted by atomic mass is 9.93. The van der Waals surface area contributed by atoms with E-state index in [0.29, 0.717) is 36.5 Å². The van der Waals surface area contributed by atoms with E-state index in [1.54, 1.807) is 0 Å². The molecular weight excluding hydrogens is 292 g/mol. The minimum Gasteiger partial charge on any atom is -0.342 e. The van der Waals surface area contributed by atoms with Gasteiger partial charge in [-0.15, -0.1) is 0 Å². The van der Waals surface area contributed by atoms with E-state index in [2.05, 4.69) is 29.0 Å². The second-order valence-electron chi connectivity index (χ2n) is 7.86. The highest BCUT2D eigenvalue weighted by molar-refractivity contribution is 5.76. The fourth-order valence-electron chi connectivity index (χ4n) is 3.15. The molecule has 6 nitrogen and oxygen atoms in total. The number of piperidine rings is 1. The summed E-state index contributed by atoms with van der Waals surface area (Å²) in [5, 5.41) is 4.00. The highest BCUT2D eigenvalue weighted by atomic mass is 16.5. The Morgan fingerprint density at radius 3 is 2.70 bits per heavy atom. The molecule has 0 aliphatic carbocycles. The first-order chi connectivity index (χ1) is 10.7. The van der Waals surface area contributed by atoms with Gasteiger partial charge in [-0.05, 0) is 25.9 Å². The van der Waals surface area contributed by atoms with Gasteiger partial charge >= 0.3 is 0 Å². The van der Waals surface area contributed by atoms with Crippen LogP contribution in [0.2, 0.25) is 0 Å². The van der Waals surface area contributed by atoms with Crippen molar-refractivity contribution >= 4 is 5.91 Å². The van der Waals surface area contributed by atoms with Crippen molar-refractivity contribution in [3.8, 4) is 0 Å². The van der Waals surface area contributed by atoms with E-state index in [1.165, 1.54) is 0 Å². The Morgan fingerprint density at radius 2 is 2.13 bits per heavy atom. The van der Waals surface area contributed by atoms with Crippen molar-refractivity contribution in [3.05, 3.63) is 11.7 Å². The number of hydrogen-bond acceptors (Lipinski definition) is 5. The van der Waals surface area contributed by atoms with Crippen molar-refractivity contribution in [2.45, 2.75) is 58.4 Å². The molecule has 1 fully saturated rings. The Labute approximate surface area is 139 Å². The Kier molecular flexibility index (Phi) is 5.45. The fraction of sp³-hybridized carbons (Fsp3) is 0.824. The summed E-state index contributed by atoms with van der Waals surface area (Å²) in [6.07, 6.45) is 1.96. The number of amides is 1. The summed E-state index contributed by atoms with van der Waals surface area (Å²) in [6.45, 7) is 10.4. The van der Waals surface area contributed by atoms with Crippen molar-refractivity contribution in [3.63, 3.8) is 0 Å². The first-order valence-corrected chi connectivity index (χ1v) is 8.45. The number of carbonyl (C=O) groups excluding carboxylic acids is 1. The van der Waals surface area contributed by atoms with Gasteiger partial charge in [-0.3, -0.25) is 4.79 Å². The summed E-state index contributed by atoms with van der Waals surface area (Å²) < 4.78 is 5.26. The van der Waals surface area contributed by atoms with Crippen LogP contribution in [0.1, 0.15) is 52.3 Å². The summed E-state index contributed by atoms with van der Waals surface area (Å²) in [5.41, 5.74) is -0.133. The third kappa shape index (κ3) is 4.53. The zero-order valence-electron chi connectivity index (χ0n) is 15.3. The zero-order chi connectivity index (χ0) is 17.2. The van der Waals surface area contributed by atoms with Gasteiger partial charge in [-0.2, -0.15) is 4.98 Å². The van der Waals surface area contributed by atoms with Gasteiger partial charge in [0.15, 0.2) is 5.82 Å².